The Labute approximate surface area is 262 Å². The Morgan fingerprint density at radius 2 is 1.16 bits per heavy atom. The lowest BCUT2D eigenvalue weighted by Crippen LogP contribution is -2.28. The van der Waals surface area contributed by atoms with E-state index in [-0.39, 0.29) is 0 Å². The summed E-state index contributed by atoms with van der Waals surface area (Å²) in [6.07, 6.45) is 2.91. The van der Waals surface area contributed by atoms with Crippen LogP contribution in [0.25, 0.3) is 33.4 Å². The number of fused-ring (bicyclic) bond motifs is 12. The van der Waals surface area contributed by atoms with Gasteiger partial charge in [-0.25, -0.2) is 8.42 Å². The number of hydrogen-bond acceptors (Lipinski definition) is 3. The van der Waals surface area contributed by atoms with Gasteiger partial charge in [0.25, 0.3) is 0 Å². The quantitative estimate of drug-likeness (QED) is 0.189. The van der Waals surface area contributed by atoms with E-state index < -0.39 is 15.3 Å². The molecule has 0 radical (unpaired) electrons. The van der Waals surface area contributed by atoms with E-state index in [4.69, 9.17) is 0 Å². The van der Waals surface area contributed by atoms with Crippen LogP contribution in [-0.2, 0) is 21.7 Å². The van der Waals surface area contributed by atoms with Gasteiger partial charge in [0.15, 0.2) is 0 Å². The molecular weight excluding hydrogens is 571 g/mol. The molecule has 0 saturated heterocycles. The van der Waals surface area contributed by atoms with Crippen LogP contribution in [0.5, 0.6) is 0 Å². The lowest BCUT2D eigenvalue weighted by molar-refractivity contribution is 0.594. The molecule has 3 nitrogen and oxygen atoms in total. The molecule has 45 heavy (non-hydrogen) atoms. The Hall–Kier alpha value is -5.19. The standard InChI is InChI=1S/C41H27NO2S/c1-25-17-18-26-9-8-16-38-40(26)42(25)37-22-20-28(24-39(37)45(38,43)44)27-19-21-32-31-12-4-7-15-35(31)41(36(32)23-27)33-13-5-2-10-29(33)30-11-3-6-14-34(30)41/h2-17,19-24H,18H2,1H3. The molecule has 0 aromatic heterocycles. The maximum absolute atomic E-state index is 14.2. The van der Waals surface area contributed by atoms with E-state index in [2.05, 4.69) is 115 Å². The molecule has 10 rings (SSSR count). The van der Waals surface area contributed by atoms with Crippen LogP contribution in [0.2, 0.25) is 0 Å². The van der Waals surface area contributed by atoms with Gasteiger partial charge in [-0.15, -0.1) is 0 Å². The van der Waals surface area contributed by atoms with E-state index in [1.165, 1.54) is 44.5 Å². The second-order valence-corrected chi connectivity index (χ2v) is 14.4. The van der Waals surface area contributed by atoms with E-state index in [0.717, 1.165) is 40.2 Å². The van der Waals surface area contributed by atoms with Crippen LogP contribution in [0.1, 0.15) is 34.7 Å². The van der Waals surface area contributed by atoms with Crippen LogP contribution >= 0.6 is 0 Å². The van der Waals surface area contributed by atoms with Gasteiger partial charge in [0.1, 0.15) is 0 Å². The van der Waals surface area contributed by atoms with Gasteiger partial charge in [0.2, 0.25) is 9.84 Å². The Morgan fingerprint density at radius 1 is 0.578 bits per heavy atom. The first-order valence-corrected chi connectivity index (χ1v) is 16.9. The normalized spacial score (nSPS) is 16.6. The highest BCUT2D eigenvalue weighted by Crippen LogP contribution is 2.63. The number of rotatable bonds is 1. The van der Waals surface area contributed by atoms with Gasteiger partial charge in [-0.3, -0.25) is 0 Å². The highest BCUT2D eigenvalue weighted by Gasteiger charge is 2.51. The number of benzene rings is 6. The molecule has 4 aliphatic rings. The van der Waals surface area contributed by atoms with Gasteiger partial charge in [-0.05, 0) is 98.8 Å². The van der Waals surface area contributed by atoms with Crippen molar-refractivity contribution in [3.8, 4) is 33.4 Å². The van der Waals surface area contributed by atoms with Crippen molar-refractivity contribution in [3.63, 3.8) is 0 Å². The third kappa shape index (κ3) is 2.98. The van der Waals surface area contributed by atoms with Crippen LogP contribution in [0.15, 0.2) is 149 Å². The van der Waals surface area contributed by atoms with Gasteiger partial charge >= 0.3 is 0 Å². The summed E-state index contributed by atoms with van der Waals surface area (Å²) in [5, 5.41) is 0. The Morgan fingerprint density at radius 3 is 1.82 bits per heavy atom. The van der Waals surface area contributed by atoms with E-state index >= 15 is 0 Å². The van der Waals surface area contributed by atoms with Crippen LogP contribution < -0.4 is 4.90 Å². The maximum atomic E-state index is 14.2. The highest BCUT2D eigenvalue weighted by molar-refractivity contribution is 7.92. The van der Waals surface area contributed by atoms with E-state index in [9.17, 15) is 8.42 Å². The summed E-state index contributed by atoms with van der Waals surface area (Å²) in [7, 11) is -3.71. The van der Waals surface area contributed by atoms with Gasteiger partial charge in [-0.1, -0.05) is 109 Å². The number of sulfone groups is 1. The minimum Gasteiger partial charge on any atom is -0.312 e. The fourth-order valence-electron chi connectivity index (χ4n) is 8.53. The molecule has 0 saturated carbocycles. The molecule has 2 heterocycles. The third-order valence-corrected chi connectivity index (χ3v) is 12.2. The molecule has 0 atom stereocenters. The topological polar surface area (TPSA) is 37.4 Å². The van der Waals surface area contributed by atoms with Gasteiger partial charge < -0.3 is 4.90 Å². The zero-order valence-electron chi connectivity index (χ0n) is 24.6. The lowest BCUT2D eigenvalue weighted by Gasteiger charge is -2.37. The average molecular weight is 598 g/mol. The van der Waals surface area contributed by atoms with Gasteiger partial charge in [0, 0.05) is 5.70 Å². The summed E-state index contributed by atoms with van der Waals surface area (Å²) in [4.78, 5) is 2.86. The summed E-state index contributed by atoms with van der Waals surface area (Å²) >= 11 is 0. The first-order valence-electron chi connectivity index (χ1n) is 15.4. The van der Waals surface area contributed by atoms with Crippen LogP contribution in [0.3, 0.4) is 0 Å². The zero-order chi connectivity index (χ0) is 30.1. The van der Waals surface area contributed by atoms with Crippen LogP contribution in [-0.4, -0.2) is 8.42 Å². The number of hydrogen-bond donors (Lipinski definition) is 0. The smallest absolute Gasteiger partial charge is 0.210 e. The molecule has 1 spiro atoms. The van der Waals surface area contributed by atoms with Crippen molar-refractivity contribution in [2.24, 2.45) is 0 Å². The van der Waals surface area contributed by atoms with Crippen LogP contribution in [0, 0.1) is 0 Å². The maximum Gasteiger partial charge on any atom is 0.210 e. The molecule has 0 amide bonds. The molecular formula is C41H27NO2S. The predicted octanol–water partition coefficient (Wildman–Crippen LogP) is 9.44. The second kappa shape index (κ2) is 8.50. The second-order valence-electron chi connectivity index (χ2n) is 12.5. The predicted molar refractivity (Wildman–Crippen MR) is 180 cm³/mol. The van der Waals surface area contributed by atoms with Crippen molar-refractivity contribution in [2.75, 3.05) is 4.90 Å². The highest BCUT2D eigenvalue weighted by atomic mass is 32.2. The molecule has 2 aliphatic carbocycles. The summed E-state index contributed by atoms with van der Waals surface area (Å²) in [5.41, 5.74) is 15.2. The van der Waals surface area contributed by atoms with Crippen molar-refractivity contribution in [2.45, 2.75) is 28.6 Å². The minimum atomic E-state index is -3.71. The van der Waals surface area contributed by atoms with Crippen molar-refractivity contribution >= 4 is 21.2 Å². The average Bonchev–Trinajstić information content (AvgIpc) is 3.54. The lowest BCUT2D eigenvalue weighted by atomic mass is 9.70. The van der Waals surface area contributed by atoms with Crippen molar-refractivity contribution in [3.05, 3.63) is 167 Å². The number of allylic oxidation sites excluding steroid dienone is 2. The number of anilines is 2. The SMILES string of the molecule is CC1=CCc2cccc3c2N1c1ccc(-c2ccc4c(c2)C2(c5ccccc5-c5ccccc52)c2ccccc2-4)cc1S3(=O)=O. The van der Waals surface area contributed by atoms with Crippen LogP contribution in [0.4, 0.5) is 11.4 Å². The Bertz CT molecular complexity index is 2390. The fourth-order valence-corrected chi connectivity index (χ4v) is 10.2. The number of nitrogens with zero attached hydrogens (tertiary/aromatic N) is 1. The Balaban J connectivity index is 1.22. The largest absolute Gasteiger partial charge is 0.312 e. The summed E-state index contributed by atoms with van der Waals surface area (Å²) in [5.74, 6) is 0. The van der Waals surface area contributed by atoms with Crippen molar-refractivity contribution in [1.82, 2.24) is 0 Å². The van der Waals surface area contributed by atoms with Crippen molar-refractivity contribution in [1.29, 1.82) is 0 Å². The van der Waals surface area contributed by atoms with E-state index in [1.54, 1.807) is 6.07 Å². The zero-order valence-corrected chi connectivity index (χ0v) is 25.4. The van der Waals surface area contributed by atoms with Gasteiger partial charge in [-0.2, -0.15) is 0 Å². The summed E-state index contributed by atoms with van der Waals surface area (Å²) in [6, 6.07) is 44.6. The minimum absolute atomic E-state index is 0.356. The molecule has 2 aliphatic heterocycles. The molecule has 0 bridgehead atoms. The molecule has 0 N–H and O–H groups in total. The molecule has 6 aromatic rings. The first kappa shape index (κ1) is 25.2. The summed E-state index contributed by atoms with van der Waals surface area (Å²) in [6.45, 7) is 2.06. The third-order valence-electron chi connectivity index (χ3n) is 10.4. The molecule has 6 aromatic carbocycles. The molecule has 0 fully saturated rings. The fraction of sp³-hybridized carbons (Fsp3) is 0.0732. The first-order chi connectivity index (χ1) is 22.0. The van der Waals surface area contributed by atoms with E-state index in [1.807, 2.05) is 24.3 Å². The van der Waals surface area contributed by atoms with E-state index in [0.29, 0.717) is 9.79 Å². The number of para-hydroxylation sites is 1. The molecule has 0 unspecified atom stereocenters. The molecule has 214 valence electrons. The van der Waals surface area contributed by atoms with Crippen molar-refractivity contribution < 1.29 is 8.42 Å². The summed E-state index contributed by atoms with van der Waals surface area (Å²) < 4.78 is 28.4. The van der Waals surface area contributed by atoms with Gasteiger partial charge in [0.05, 0.1) is 26.6 Å². The monoisotopic (exact) mass is 597 g/mol. The molecule has 4 heteroatoms. The Kier molecular flexibility index (Phi) is 4.75.